The molecule has 7 heteroatoms. The van der Waals surface area contributed by atoms with Gasteiger partial charge in [-0.3, -0.25) is 4.79 Å². The van der Waals surface area contributed by atoms with Gasteiger partial charge in [0.25, 0.3) is 0 Å². The van der Waals surface area contributed by atoms with Crippen molar-refractivity contribution in [1.29, 1.82) is 0 Å². The van der Waals surface area contributed by atoms with Crippen LogP contribution in [0.2, 0.25) is 0 Å². The van der Waals surface area contributed by atoms with E-state index in [1.165, 1.54) is 0 Å². The van der Waals surface area contributed by atoms with Gasteiger partial charge in [0.15, 0.2) is 5.82 Å². The molecule has 2 fully saturated rings. The number of amides is 1. The lowest BCUT2D eigenvalue weighted by atomic mass is 9.90. The number of anilines is 1. The first-order chi connectivity index (χ1) is 11.5. The van der Waals surface area contributed by atoms with E-state index in [-0.39, 0.29) is 11.5 Å². The molecule has 0 bridgehead atoms. The Morgan fingerprint density at radius 2 is 2.12 bits per heavy atom. The average molecular weight is 333 g/mol. The third-order valence-electron chi connectivity index (χ3n) is 4.70. The quantitative estimate of drug-likeness (QED) is 0.805. The van der Waals surface area contributed by atoms with Gasteiger partial charge >= 0.3 is 0 Å². The molecule has 132 valence electrons. The van der Waals surface area contributed by atoms with Gasteiger partial charge < -0.3 is 19.4 Å². The fourth-order valence-electron chi connectivity index (χ4n) is 3.53. The molecule has 7 nitrogen and oxygen atoms in total. The van der Waals surface area contributed by atoms with Crippen molar-refractivity contribution in [3.8, 4) is 0 Å². The molecule has 3 heterocycles. The van der Waals surface area contributed by atoms with Gasteiger partial charge in [0.1, 0.15) is 5.60 Å². The van der Waals surface area contributed by atoms with Crippen LogP contribution in [0.25, 0.3) is 0 Å². The predicted molar refractivity (Wildman–Crippen MR) is 92.0 cm³/mol. The van der Waals surface area contributed by atoms with Crippen LogP contribution in [0.5, 0.6) is 0 Å². The number of carbonyl (C=O) groups excluding carboxylic acids is 1. The molecule has 0 aliphatic carbocycles. The van der Waals surface area contributed by atoms with E-state index in [0.717, 1.165) is 37.4 Å². The van der Waals surface area contributed by atoms with Crippen molar-refractivity contribution < 1.29 is 9.53 Å². The molecular weight excluding hydrogens is 306 g/mol. The van der Waals surface area contributed by atoms with E-state index in [0.29, 0.717) is 26.2 Å². The van der Waals surface area contributed by atoms with E-state index in [1.807, 2.05) is 43.0 Å². The molecule has 1 unspecified atom stereocenters. The second kappa shape index (κ2) is 7.03. The highest BCUT2D eigenvalue weighted by Crippen LogP contribution is 2.31. The number of rotatable bonds is 3. The summed E-state index contributed by atoms with van der Waals surface area (Å²) in [6, 6.07) is 4.00. The summed E-state index contributed by atoms with van der Waals surface area (Å²) in [7, 11) is 3.85. The Kier molecular flexibility index (Phi) is 5.01. The lowest BCUT2D eigenvalue weighted by molar-refractivity contribution is -0.152. The molecule has 0 saturated carbocycles. The summed E-state index contributed by atoms with van der Waals surface area (Å²) in [6.45, 7) is 6.04. The Balaban J connectivity index is 1.70. The van der Waals surface area contributed by atoms with Crippen LogP contribution in [-0.4, -0.2) is 84.9 Å². The van der Waals surface area contributed by atoms with Crippen LogP contribution in [0.1, 0.15) is 18.5 Å². The van der Waals surface area contributed by atoms with Crippen LogP contribution < -0.4 is 4.90 Å². The number of carbonyl (C=O) groups is 1. The number of hydrogen-bond acceptors (Lipinski definition) is 6. The first-order valence-electron chi connectivity index (χ1n) is 8.59. The van der Waals surface area contributed by atoms with E-state index in [1.54, 1.807) is 0 Å². The molecule has 0 radical (unpaired) electrons. The minimum absolute atomic E-state index is 0.176. The maximum absolute atomic E-state index is 12.4. The summed E-state index contributed by atoms with van der Waals surface area (Å²) < 4.78 is 6.17. The molecule has 2 aliphatic rings. The van der Waals surface area contributed by atoms with Crippen molar-refractivity contribution in [1.82, 2.24) is 20.0 Å². The number of nitrogens with zero attached hydrogens (tertiary/aromatic N) is 5. The number of morpholine rings is 1. The molecule has 1 aromatic rings. The summed E-state index contributed by atoms with van der Waals surface area (Å²) in [4.78, 5) is 18.5. The minimum Gasteiger partial charge on any atom is -0.369 e. The number of hydrogen-bond donors (Lipinski definition) is 0. The largest absolute Gasteiger partial charge is 0.369 e. The van der Waals surface area contributed by atoms with Crippen LogP contribution >= 0.6 is 0 Å². The van der Waals surface area contributed by atoms with Gasteiger partial charge in [-0.25, -0.2) is 0 Å². The van der Waals surface area contributed by atoms with Crippen molar-refractivity contribution in [2.45, 2.75) is 25.4 Å². The first kappa shape index (κ1) is 17.1. The number of ether oxygens (including phenoxy) is 1. The van der Waals surface area contributed by atoms with Crippen molar-refractivity contribution in [2.75, 3.05) is 58.3 Å². The summed E-state index contributed by atoms with van der Waals surface area (Å²) in [5, 5.41) is 8.47. The highest BCUT2D eigenvalue weighted by molar-refractivity contribution is 5.78. The summed E-state index contributed by atoms with van der Waals surface area (Å²) in [6.07, 6.45) is 2.01. The van der Waals surface area contributed by atoms with Crippen LogP contribution in [0.15, 0.2) is 12.1 Å². The maximum atomic E-state index is 12.4. The fourth-order valence-corrected chi connectivity index (χ4v) is 3.53. The van der Waals surface area contributed by atoms with Gasteiger partial charge in [-0.2, -0.15) is 5.10 Å². The molecule has 2 saturated heterocycles. The molecule has 1 spiro atoms. The van der Waals surface area contributed by atoms with Gasteiger partial charge in [0, 0.05) is 13.1 Å². The van der Waals surface area contributed by atoms with Crippen LogP contribution in [0, 0.1) is 6.92 Å². The monoisotopic (exact) mass is 333 g/mol. The van der Waals surface area contributed by atoms with Crippen molar-refractivity contribution in [3.63, 3.8) is 0 Å². The maximum Gasteiger partial charge on any atom is 0.236 e. The molecule has 1 atom stereocenters. The van der Waals surface area contributed by atoms with Crippen LogP contribution in [-0.2, 0) is 9.53 Å². The highest BCUT2D eigenvalue weighted by Gasteiger charge is 2.42. The number of likely N-dealkylation sites (N-methyl/N-ethyl adjacent to an activating group) is 1. The van der Waals surface area contributed by atoms with Crippen molar-refractivity contribution in [3.05, 3.63) is 17.8 Å². The highest BCUT2D eigenvalue weighted by atomic mass is 16.5. The zero-order chi connectivity index (χ0) is 17.2. The van der Waals surface area contributed by atoms with E-state index in [2.05, 4.69) is 15.1 Å². The summed E-state index contributed by atoms with van der Waals surface area (Å²) >= 11 is 0. The third kappa shape index (κ3) is 3.84. The smallest absolute Gasteiger partial charge is 0.236 e. The van der Waals surface area contributed by atoms with Crippen LogP contribution in [0.4, 0.5) is 5.82 Å². The molecule has 0 aromatic carbocycles. The SMILES string of the molecule is Cc1ccc(N2CCCC3(CN(C(=O)CN(C)C)CCO3)C2)nn1. The summed E-state index contributed by atoms with van der Waals surface area (Å²) in [5.41, 5.74) is 0.630. The number of piperidine rings is 1. The van der Waals surface area contributed by atoms with E-state index < -0.39 is 0 Å². The van der Waals surface area contributed by atoms with Gasteiger partial charge in [0.2, 0.25) is 5.91 Å². The molecule has 24 heavy (non-hydrogen) atoms. The Bertz CT molecular complexity index is 573. The van der Waals surface area contributed by atoms with Gasteiger partial charge in [-0.05, 0) is 46.0 Å². The standard InChI is InChI=1S/C17H27N5O2/c1-14-5-6-15(19-18-14)21-8-4-7-17(12-21)13-22(9-10-24-17)16(23)11-20(2)3/h5-6H,4,7-13H2,1-3H3. The molecule has 3 rings (SSSR count). The predicted octanol–water partition coefficient (Wildman–Crippen LogP) is 0.544. The Labute approximate surface area is 143 Å². The molecule has 0 N–H and O–H groups in total. The van der Waals surface area contributed by atoms with Crippen molar-refractivity contribution in [2.24, 2.45) is 0 Å². The van der Waals surface area contributed by atoms with E-state index in [4.69, 9.17) is 4.74 Å². The molecule has 1 amide bonds. The van der Waals surface area contributed by atoms with E-state index >= 15 is 0 Å². The summed E-state index contributed by atoms with van der Waals surface area (Å²) in [5.74, 6) is 1.06. The Hall–Kier alpha value is -1.73. The zero-order valence-corrected chi connectivity index (χ0v) is 14.9. The first-order valence-corrected chi connectivity index (χ1v) is 8.59. The minimum atomic E-state index is -0.287. The molecule has 1 aromatic heterocycles. The zero-order valence-electron chi connectivity index (χ0n) is 14.9. The molecule has 2 aliphatic heterocycles. The molecular formula is C17H27N5O2. The van der Waals surface area contributed by atoms with Crippen molar-refractivity contribution >= 4 is 11.7 Å². The van der Waals surface area contributed by atoms with Gasteiger partial charge in [-0.1, -0.05) is 0 Å². The average Bonchev–Trinajstić information content (AvgIpc) is 2.55. The second-order valence-corrected chi connectivity index (χ2v) is 7.14. The fraction of sp³-hybridized carbons (Fsp3) is 0.706. The van der Waals surface area contributed by atoms with Crippen LogP contribution in [0.3, 0.4) is 0 Å². The number of aromatic nitrogens is 2. The van der Waals surface area contributed by atoms with E-state index in [9.17, 15) is 4.79 Å². The topological polar surface area (TPSA) is 61.8 Å². The van der Waals surface area contributed by atoms with Gasteiger partial charge in [-0.15, -0.1) is 5.10 Å². The Morgan fingerprint density at radius 3 is 2.83 bits per heavy atom. The second-order valence-electron chi connectivity index (χ2n) is 7.14. The lowest BCUT2D eigenvalue weighted by Gasteiger charge is -2.48. The normalized spacial score (nSPS) is 24.7. The third-order valence-corrected chi connectivity index (χ3v) is 4.70. The Morgan fingerprint density at radius 1 is 1.29 bits per heavy atom. The lowest BCUT2D eigenvalue weighted by Crippen LogP contribution is -2.61. The van der Waals surface area contributed by atoms with Gasteiger partial charge in [0.05, 0.1) is 31.9 Å². The number of aryl methyl sites for hydroxylation is 1.